The zero-order valence-electron chi connectivity index (χ0n) is 39.0. The van der Waals surface area contributed by atoms with E-state index >= 15 is 0 Å². The highest BCUT2D eigenvalue weighted by molar-refractivity contribution is 5.74. The first-order valence-corrected chi connectivity index (χ1v) is 23.0. The Balaban J connectivity index is 0.0000154. The lowest BCUT2D eigenvalue weighted by Gasteiger charge is -2.45. The van der Waals surface area contributed by atoms with Crippen LogP contribution in [0.5, 0.6) is 0 Å². The van der Waals surface area contributed by atoms with Gasteiger partial charge in [0.2, 0.25) is 0 Å². The second-order valence-electron chi connectivity index (χ2n) is 18.0. The third-order valence-corrected chi connectivity index (χ3v) is 12.5. The van der Waals surface area contributed by atoms with Gasteiger partial charge < -0.3 is 74.7 Å². The number of aliphatic hydroxyl groups excluding tert-OH is 9. The van der Waals surface area contributed by atoms with Crippen molar-refractivity contribution in [2.75, 3.05) is 7.11 Å². The van der Waals surface area contributed by atoms with Crippen molar-refractivity contribution in [2.24, 2.45) is 23.7 Å². The molecule has 19 atom stereocenters. The van der Waals surface area contributed by atoms with Crippen LogP contribution in [0, 0.1) is 23.7 Å². The number of methoxy groups -OCH3 is 1. The number of hydrogen-bond donors (Lipinski definition) is 10. The Bertz CT molecular complexity index is 1680. The number of aliphatic hydroxyl groups is 10. The van der Waals surface area contributed by atoms with Gasteiger partial charge in [-0.25, -0.2) is 0 Å². The molecule has 19 unspecified atom stereocenters. The molecule has 0 amide bonds. The highest BCUT2D eigenvalue weighted by atomic mass is 16.7. The summed E-state index contributed by atoms with van der Waals surface area (Å²) in [7, 11) is 1.13. The third-order valence-electron chi connectivity index (χ3n) is 12.5. The Morgan fingerprint density at radius 1 is 0.627 bits per heavy atom. The van der Waals surface area contributed by atoms with Gasteiger partial charge in [0.1, 0.15) is 18.1 Å². The van der Waals surface area contributed by atoms with Crippen molar-refractivity contribution in [1.82, 2.24) is 0 Å². The van der Waals surface area contributed by atoms with E-state index in [1.165, 1.54) is 0 Å². The summed E-state index contributed by atoms with van der Waals surface area (Å²) in [5, 5.41) is 109. The van der Waals surface area contributed by atoms with E-state index in [2.05, 4.69) is 0 Å². The van der Waals surface area contributed by atoms with Crippen LogP contribution in [0.2, 0.25) is 0 Å². The van der Waals surface area contributed by atoms with Crippen LogP contribution >= 0.6 is 0 Å². The second kappa shape index (κ2) is 29.6. The maximum absolute atomic E-state index is 13.1. The molecule has 2 fully saturated rings. The van der Waals surface area contributed by atoms with Crippen molar-refractivity contribution in [3.8, 4) is 0 Å². The number of hydrogen-bond acceptors (Lipinski definition) is 17. The lowest BCUT2D eigenvalue weighted by Crippen LogP contribution is -2.57. The van der Waals surface area contributed by atoms with Gasteiger partial charge in [0, 0.05) is 43.4 Å². The van der Waals surface area contributed by atoms with Gasteiger partial charge in [0.05, 0.1) is 80.7 Å². The lowest BCUT2D eigenvalue weighted by molar-refractivity contribution is -0.311. The molecule has 382 valence electrons. The Kier molecular flexibility index (Phi) is 26.4. The highest BCUT2D eigenvalue weighted by Crippen LogP contribution is 2.39. The van der Waals surface area contributed by atoms with Gasteiger partial charge in [0.25, 0.3) is 0 Å². The van der Waals surface area contributed by atoms with E-state index in [4.69, 9.17) is 23.7 Å². The van der Waals surface area contributed by atoms with E-state index in [1.807, 2.05) is 49.5 Å². The van der Waals surface area contributed by atoms with E-state index in [0.29, 0.717) is 0 Å². The SMILES string of the molecule is C.COC(=O)C1C(O)CC2(O)CC(O)CC(O)C(O)CCC(O)CC(O)CC(=O)OC(C)C(C)C(O)C(C)/C=C/C=C/C=C/C=C/C=C/C=C/C=C/C(OC3OC(C)C(O)C(C)C3O)CC1O2. The quantitative estimate of drug-likeness (QED) is 0.182. The number of esters is 2. The average Bonchev–Trinajstić information content (AvgIpc) is 3.24. The number of cyclic esters (lactones) is 1. The van der Waals surface area contributed by atoms with Crippen LogP contribution in [0.3, 0.4) is 0 Å². The third kappa shape index (κ3) is 19.9. The first-order chi connectivity index (χ1) is 31.2. The van der Waals surface area contributed by atoms with Gasteiger partial charge in [-0.2, -0.15) is 0 Å². The second-order valence-corrected chi connectivity index (χ2v) is 18.0. The molecule has 2 bridgehead atoms. The van der Waals surface area contributed by atoms with Gasteiger partial charge >= 0.3 is 11.9 Å². The molecule has 17 nitrogen and oxygen atoms in total. The number of carbonyl (C=O) groups excluding carboxylic acids is 2. The molecule has 3 rings (SSSR count). The Morgan fingerprint density at radius 2 is 1.19 bits per heavy atom. The fourth-order valence-electron chi connectivity index (χ4n) is 8.27. The maximum Gasteiger partial charge on any atom is 0.313 e. The first-order valence-electron chi connectivity index (χ1n) is 23.0. The Hall–Kier alpha value is -3.40. The van der Waals surface area contributed by atoms with E-state index in [-0.39, 0.29) is 39.0 Å². The molecule has 0 spiro atoms. The van der Waals surface area contributed by atoms with E-state index in [0.717, 1.165) is 7.11 Å². The monoisotopic (exact) mass is 953 g/mol. The standard InChI is InChI=1S/C49H76O17.CH4/c1-29-19-17-15-13-11-9-7-8-10-12-14-16-18-20-37(65-48-46(59)31(3)45(58)33(5)64-48)26-41-43(47(60)62-6)40(55)28-49(61,66-41)27-36(52)24-39(54)38(53)22-21-34(50)23-35(51)25-42(56)63-32(4)30(2)44(29)57;/h7-20,29-41,43-46,48,50-55,57-59,61H,21-28H2,1-6H3;1H4/b8-7+,11-9+,12-10+,15-13+,16-14+,19-17+,20-18+;. The smallest absolute Gasteiger partial charge is 0.313 e. The van der Waals surface area contributed by atoms with Crippen LogP contribution in [-0.4, -0.2) is 162 Å². The molecule has 0 radical (unpaired) electrons. The zero-order chi connectivity index (χ0) is 49.1. The van der Waals surface area contributed by atoms with Crippen molar-refractivity contribution in [3.63, 3.8) is 0 Å². The van der Waals surface area contributed by atoms with Crippen LogP contribution in [-0.2, 0) is 33.3 Å². The molecular weight excluding hydrogens is 873 g/mol. The van der Waals surface area contributed by atoms with Crippen molar-refractivity contribution < 1.29 is 84.3 Å². The molecular formula is C50H80O17. The fraction of sp³-hybridized carbons (Fsp3) is 0.680. The first kappa shape index (κ1) is 59.7. The minimum absolute atomic E-state index is 0. The molecule has 67 heavy (non-hydrogen) atoms. The summed E-state index contributed by atoms with van der Waals surface area (Å²) >= 11 is 0. The van der Waals surface area contributed by atoms with Gasteiger partial charge in [-0.1, -0.05) is 113 Å². The highest BCUT2D eigenvalue weighted by Gasteiger charge is 2.51. The summed E-state index contributed by atoms with van der Waals surface area (Å²) < 4.78 is 28.6. The van der Waals surface area contributed by atoms with Gasteiger partial charge in [-0.3, -0.25) is 9.59 Å². The number of rotatable bonds is 3. The average molecular weight is 953 g/mol. The van der Waals surface area contributed by atoms with Crippen LogP contribution in [0.1, 0.15) is 93.4 Å². The van der Waals surface area contributed by atoms with Gasteiger partial charge in [-0.15, -0.1) is 0 Å². The topological polar surface area (TPSA) is 283 Å². The van der Waals surface area contributed by atoms with Crippen LogP contribution in [0.15, 0.2) is 85.1 Å². The summed E-state index contributed by atoms with van der Waals surface area (Å²) in [5.74, 6) is -6.49. The molecule has 17 heteroatoms. The zero-order valence-corrected chi connectivity index (χ0v) is 39.0. The molecule has 0 aromatic carbocycles. The summed E-state index contributed by atoms with van der Waals surface area (Å²) in [5.41, 5.74) is 0. The predicted octanol–water partition coefficient (Wildman–Crippen LogP) is 2.75. The van der Waals surface area contributed by atoms with Crippen LogP contribution in [0.4, 0.5) is 0 Å². The van der Waals surface area contributed by atoms with Crippen molar-refractivity contribution in [3.05, 3.63) is 85.1 Å². The molecule has 0 saturated carbocycles. The summed E-state index contributed by atoms with van der Waals surface area (Å²) in [6.07, 6.45) is 5.68. The number of allylic oxidation sites excluding steroid dienone is 12. The lowest BCUT2D eigenvalue weighted by atomic mass is 9.82. The molecule has 0 aliphatic carbocycles. The maximum atomic E-state index is 13.1. The van der Waals surface area contributed by atoms with Gasteiger partial charge in [-0.05, 0) is 33.1 Å². The minimum Gasteiger partial charge on any atom is -0.469 e. The van der Waals surface area contributed by atoms with Crippen molar-refractivity contribution >= 4 is 11.9 Å². The molecule has 3 aliphatic heterocycles. The van der Waals surface area contributed by atoms with E-state index in [1.54, 1.807) is 70.2 Å². The van der Waals surface area contributed by atoms with Gasteiger partial charge in [0.15, 0.2) is 12.1 Å². The minimum atomic E-state index is -2.25. The van der Waals surface area contributed by atoms with Crippen molar-refractivity contribution in [1.29, 1.82) is 0 Å². The fourth-order valence-corrected chi connectivity index (χ4v) is 8.27. The Morgan fingerprint density at radius 3 is 1.78 bits per heavy atom. The molecule has 0 aromatic rings. The normalized spacial score (nSPS) is 44.3. The molecule has 3 aliphatic rings. The number of carbonyl (C=O) groups is 2. The van der Waals surface area contributed by atoms with E-state index < -0.39 is 147 Å². The van der Waals surface area contributed by atoms with Crippen LogP contribution < -0.4 is 0 Å². The number of fused-ring (bicyclic) bond motifs is 2. The summed E-state index contributed by atoms with van der Waals surface area (Å²) in [4.78, 5) is 25.7. The summed E-state index contributed by atoms with van der Waals surface area (Å²) in [6.45, 7) is 8.52. The van der Waals surface area contributed by atoms with Crippen molar-refractivity contribution in [2.45, 2.75) is 185 Å². The summed E-state index contributed by atoms with van der Waals surface area (Å²) in [6, 6.07) is 0. The largest absolute Gasteiger partial charge is 0.469 e. The molecule has 3 heterocycles. The number of ether oxygens (including phenoxy) is 5. The van der Waals surface area contributed by atoms with E-state index in [9.17, 15) is 60.7 Å². The molecule has 10 N–H and O–H groups in total. The molecule has 0 aromatic heterocycles. The van der Waals surface area contributed by atoms with Crippen LogP contribution in [0.25, 0.3) is 0 Å². The molecule has 2 saturated heterocycles. The predicted molar refractivity (Wildman–Crippen MR) is 249 cm³/mol. The Labute approximate surface area is 396 Å².